The molecule has 9 heavy (non-hydrogen) atoms. The van der Waals surface area contributed by atoms with Crippen molar-refractivity contribution in [2.75, 3.05) is 0 Å². The van der Waals surface area contributed by atoms with Crippen molar-refractivity contribution in [1.82, 2.24) is 4.98 Å². The lowest BCUT2D eigenvalue weighted by molar-refractivity contribution is -0.514. The van der Waals surface area contributed by atoms with Gasteiger partial charge in [0.2, 0.25) is 0 Å². The smallest absolute Gasteiger partial charge is 0.243 e. The van der Waals surface area contributed by atoms with Gasteiger partial charge in [-0.05, 0) is 12.1 Å². The molecule has 2 heteroatoms. The number of hydrogen-bond acceptors (Lipinski definition) is 0. The van der Waals surface area contributed by atoms with E-state index in [0.29, 0.717) is 0 Å². The third-order valence-electron chi connectivity index (χ3n) is 1.28. The Labute approximate surface area is 52.8 Å². The van der Waals surface area contributed by atoms with E-state index in [1.807, 2.05) is 35.0 Å². The number of aromatic amines is 1. The van der Waals surface area contributed by atoms with Gasteiger partial charge >= 0.3 is 0 Å². The standard InChI is InChI=1S/C7H6N2/c1-2-5-9-6-4-8-7(9)3-1/h1-4,6,8H/q+1. The quantitative estimate of drug-likeness (QED) is 0.487. The van der Waals surface area contributed by atoms with Crippen molar-refractivity contribution in [3.05, 3.63) is 36.8 Å². The zero-order valence-corrected chi connectivity index (χ0v) is 4.83. The van der Waals surface area contributed by atoms with Gasteiger partial charge in [0, 0.05) is 6.07 Å². The molecule has 0 spiro atoms. The van der Waals surface area contributed by atoms with Crippen molar-refractivity contribution in [1.29, 1.82) is 0 Å². The number of nitrogens with zero attached hydrogens (tertiary/aromatic N) is 1. The maximum absolute atomic E-state index is 3.05. The molecule has 43 valence electrons. The number of hydrogen-bond donors (Lipinski definition) is 1. The molecule has 2 aromatic heterocycles. The van der Waals surface area contributed by atoms with Crippen LogP contribution < -0.4 is 4.40 Å². The minimum atomic E-state index is 1.07. The predicted octanol–water partition coefficient (Wildman–Crippen LogP) is 0.554. The summed E-state index contributed by atoms with van der Waals surface area (Å²) in [6.07, 6.45) is 6.82. The molecule has 0 atom stereocenters. The molecule has 2 rings (SSSR count). The highest BCUT2D eigenvalue weighted by atomic mass is 15.0. The second-order valence-corrected chi connectivity index (χ2v) is 1.87. The third-order valence-corrected chi connectivity index (χ3v) is 1.28. The van der Waals surface area contributed by atoms with Crippen molar-refractivity contribution in [2.45, 2.75) is 0 Å². The Bertz CT molecular complexity index is 281. The first-order chi connectivity index (χ1) is 4.47. The van der Waals surface area contributed by atoms with E-state index in [4.69, 9.17) is 0 Å². The van der Waals surface area contributed by atoms with Gasteiger partial charge in [-0.25, -0.2) is 4.98 Å². The number of H-pyrrole nitrogens is 1. The van der Waals surface area contributed by atoms with Crippen molar-refractivity contribution >= 4 is 5.65 Å². The summed E-state index contributed by atoms with van der Waals surface area (Å²) in [6, 6.07) is 5.82. The molecule has 2 aromatic rings. The average molecular weight is 118 g/mol. The third kappa shape index (κ3) is 0.598. The molecule has 2 heterocycles. The first kappa shape index (κ1) is 4.56. The fourth-order valence-corrected chi connectivity index (χ4v) is 0.851. The van der Waals surface area contributed by atoms with Gasteiger partial charge in [-0.3, -0.25) is 0 Å². The zero-order chi connectivity index (χ0) is 6.10. The molecule has 1 radical (unpaired) electrons. The maximum Gasteiger partial charge on any atom is 0.284 e. The van der Waals surface area contributed by atoms with Crippen LogP contribution in [-0.4, -0.2) is 4.98 Å². The Hall–Kier alpha value is -1.31. The van der Waals surface area contributed by atoms with E-state index in [2.05, 4.69) is 11.2 Å². The summed E-state index contributed by atoms with van der Waals surface area (Å²) in [7, 11) is 0. The summed E-state index contributed by atoms with van der Waals surface area (Å²) < 4.78 is 1.90. The van der Waals surface area contributed by atoms with E-state index in [1.54, 1.807) is 0 Å². The molecule has 0 aromatic carbocycles. The molecule has 0 aliphatic carbocycles. The Balaban J connectivity index is 2.95. The minimum Gasteiger partial charge on any atom is -0.243 e. The molecule has 0 unspecified atom stereocenters. The fraction of sp³-hybridized carbons (Fsp3) is 0. The highest BCUT2D eigenvalue weighted by molar-refractivity contribution is 5.26. The van der Waals surface area contributed by atoms with E-state index in [-0.39, 0.29) is 0 Å². The van der Waals surface area contributed by atoms with Crippen LogP contribution in [0.15, 0.2) is 30.6 Å². The Morgan fingerprint density at radius 3 is 3.44 bits per heavy atom. The molecular weight excluding hydrogens is 112 g/mol. The van der Waals surface area contributed by atoms with Gasteiger partial charge in [-0.15, -0.1) is 0 Å². The van der Waals surface area contributed by atoms with Gasteiger partial charge in [-0.2, -0.15) is 4.40 Å². The SMILES string of the molecule is [c]1cccc2[nH]cc[n+]12. The summed E-state index contributed by atoms with van der Waals surface area (Å²) >= 11 is 0. The summed E-state index contributed by atoms with van der Waals surface area (Å²) in [6.45, 7) is 0. The molecule has 0 aliphatic rings. The lowest BCUT2D eigenvalue weighted by Crippen LogP contribution is -2.16. The van der Waals surface area contributed by atoms with E-state index in [9.17, 15) is 0 Å². The van der Waals surface area contributed by atoms with Gasteiger partial charge in [-0.1, -0.05) is 0 Å². The number of rotatable bonds is 0. The number of aromatic nitrogens is 2. The second-order valence-electron chi connectivity index (χ2n) is 1.87. The van der Waals surface area contributed by atoms with Gasteiger partial charge in [0.1, 0.15) is 12.4 Å². The Morgan fingerprint density at radius 1 is 1.56 bits per heavy atom. The first-order valence-corrected chi connectivity index (χ1v) is 2.82. The highest BCUT2D eigenvalue weighted by Crippen LogP contribution is 1.86. The van der Waals surface area contributed by atoms with Gasteiger partial charge < -0.3 is 0 Å². The first-order valence-electron chi connectivity index (χ1n) is 2.82. The summed E-state index contributed by atoms with van der Waals surface area (Å²) in [4.78, 5) is 3.05. The van der Waals surface area contributed by atoms with Crippen LogP contribution in [0.4, 0.5) is 0 Å². The van der Waals surface area contributed by atoms with Crippen LogP contribution in [0.3, 0.4) is 0 Å². The fourth-order valence-electron chi connectivity index (χ4n) is 0.851. The van der Waals surface area contributed by atoms with Crippen LogP contribution in [-0.2, 0) is 0 Å². The second kappa shape index (κ2) is 1.58. The van der Waals surface area contributed by atoms with E-state index < -0.39 is 0 Å². The van der Waals surface area contributed by atoms with Crippen LogP contribution in [0.2, 0.25) is 0 Å². The molecule has 0 amide bonds. The maximum atomic E-state index is 3.05. The van der Waals surface area contributed by atoms with Crippen LogP contribution in [0.5, 0.6) is 0 Å². The van der Waals surface area contributed by atoms with E-state index in [0.717, 1.165) is 5.65 Å². The summed E-state index contributed by atoms with van der Waals surface area (Å²) in [5.74, 6) is 0. The summed E-state index contributed by atoms with van der Waals surface area (Å²) in [5, 5.41) is 0. The average Bonchev–Trinajstić information content (AvgIpc) is 2.33. The van der Waals surface area contributed by atoms with Crippen LogP contribution >= 0.6 is 0 Å². The molecular formula is C7H6N2+. The molecule has 0 saturated carbocycles. The molecule has 0 saturated heterocycles. The van der Waals surface area contributed by atoms with Crippen molar-refractivity contribution < 1.29 is 4.40 Å². The lowest BCUT2D eigenvalue weighted by atomic mass is 10.5. The van der Waals surface area contributed by atoms with E-state index >= 15 is 0 Å². The summed E-state index contributed by atoms with van der Waals surface area (Å²) in [5.41, 5.74) is 1.07. The number of fused-ring (bicyclic) bond motifs is 1. The molecule has 0 fully saturated rings. The Kier molecular flexibility index (Phi) is 0.803. The zero-order valence-electron chi connectivity index (χ0n) is 4.83. The predicted molar refractivity (Wildman–Crippen MR) is 32.8 cm³/mol. The van der Waals surface area contributed by atoms with Crippen molar-refractivity contribution in [2.24, 2.45) is 0 Å². The van der Waals surface area contributed by atoms with Gasteiger partial charge in [0.15, 0.2) is 6.20 Å². The topological polar surface area (TPSA) is 19.9 Å². The lowest BCUT2D eigenvalue weighted by Gasteiger charge is -1.76. The molecule has 1 N–H and O–H groups in total. The highest BCUT2D eigenvalue weighted by Gasteiger charge is 1.95. The largest absolute Gasteiger partial charge is 0.284 e. The normalized spacial score (nSPS) is 10.2. The number of nitrogens with one attached hydrogen (secondary N) is 1. The van der Waals surface area contributed by atoms with Gasteiger partial charge in [0.05, 0.1) is 0 Å². The minimum absolute atomic E-state index is 1.07. The van der Waals surface area contributed by atoms with Crippen LogP contribution in [0, 0.1) is 6.20 Å². The number of imidazole rings is 1. The van der Waals surface area contributed by atoms with Crippen molar-refractivity contribution in [3.63, 3.8) is 0 Å². The molecule has 2 nitrogen and oxygen atoms in total. The van der Waals surface area contributed by atoms with Crippen LogP contribution in [0.1, 0.15) is 0 Å². The molecule has 0 aliphatic heterocycles. The van der Waals surface area contributed by atoms with E-state index in [1.165, 1.54) is 0 Å². The monoisotopic (exact) mass is 118 g/mol. The Morgan fingerprint density at radius 2 is 2.56 bits per heavy atom. The molecule has 0 bridgehead atoms. The van der Waals surface area contributed by atoms with Gasteiger partial charge in [0.25, 0.3) is 5.65 Å². The number of pyridine rings is 1. The van der Waals surface area contributed by atoms with Crippen molar-refractivity contribution in [3.8, 4) is 0 Å². The van der Waals surface area contributed by atoms with Crippen LogP contribution in [0.25, 0.3) is 5.65 Å².